The number of nitrogens with one attached hydrogen (secondary N) is 1. The number of amides is 1. The molecule has 1 aromatic rings. The zero-order chi connectivity index (χ0) is 16.0. The van der Waals surface area contributed by atoms with E-state index in [9.17, 15) is 14.4 Å². The molecule has 0 unspecified atom stereocenters. The fraction of sp³-hybridized carbons (Fsp3) is 0.500. The number of carbonyl (C=O) groups is 2. The summed E-state index contributed by atoms with van der Waals surface area (Å²) >= 11 is 5.91. The van der Waals surface area contributed by atoms with Crippen LogP contribution in [0.4, 0.5) is 5.69 Å². The van der Waals surface area contributed by atoms with Crippen LogP contribution in [-0.2, 0) is 16.6 Å². The Labute approximate surface area is 126 Å². The highest BCUT2D eigenvalue weighted by Gasteiger charge is 2.13. The van der Waals surface area contributed by atoms with Gasteiger partial charge in [0.15, 0.2) is 0 Å². The molecular formula is C12H17ClN4O4. The molecule has 0 aliphatic carbocycles. The number of nitrogens with zero attached hydrogens (tertiary/aromatic N) is 3. The third-order valence-corrected chi connectivity index (χ3v) is 3.11. The maximum Gasteiger partial charge on any atom is 0.303 e. The number of hydrogen-bond acceptors (Lipinski definition) is 5. The van der Waals surface area contributed by atoms with E-state index in [4.69, 9.17) is 16.7 Å². The van der Waals surface area contributed by atoms with Gasteiger partial charge in [-0.25, -0.2) is 4.68 Å². The first kappa shape index (κ1) is 17.0. The van der Waals surface area contributed by atoms with E-state index in [-0.39, 0.29) is 23.8 Å². The van der Waals surface area contributed by atoms with Gasteiger partial charge in [0.05, 0.1) is 6.20 Å². The molecule has 9 heteroatoms. The summed E-state index contributed by atoms with van der Waals surface area (Å²) in [4.78, 5) is 33.7. The molecule has 1 heterocycles. The van der Waals surface area contributed by atoms with E-state index < -0.39 is 11.5 Å². The molecule has 0 atom stereocenters. The van der Waals surface area contributed by atoms with Crippen molar-refractivity contribution >= 4 is 29.2 Å². The van der Waals surface area contributed by atoms with Gasteiger partial charge < -0.3 is 5.11 Å². The van der Waals surface area contributed by atoms with E-state index in [1.165, 1.54) is 25.3 Å². The Kier molecular flexibility index (Phi) is 6.16. The monoisotopic (exact) mass is 316 g/mol. The van der Waals surface area contributed by atoms with Gasteiger partial charge in [-0.15, -0.1) is 0 Å². The van der Waals surface area contributed by atoms with E-state index in [1.807, 2.05) is 0 Å². The van der Waals surface area contributed by atoms with Crippen molar-refractivity contribution in [2.45, 2.75) is 25.7 Å². The molecule has 0 spiro atoms. The molecule has 1 rings (SSSR count). The standard InChI is InChI=1S/C12H17ClN4O4/c1-16(8-7-14-17(2)12(21)11(8)13)15-9(18)5-3-4-6-10(19)20/h7H,3-6H2,1-2H3,(H,15,18)(H,19,20). The number of rotatable bonds is 7. The molecule has 1 amide bonds. The molecule has 0 radical (unpaired) electrons. The Morgan fingerprint density at radius 2 is 2.05 bits per heavy atom. The van der Waals surface area contributed by atoms with Gasteiger partial charge in [-0.3, -0.25) is 24.8 Å². The molecule has 0 fully saturated rings. The average Bonchev–Trinajstić information content (AvgIpc) is 2.40. The summed E-state index contributed by atoms with van der Waals surface area (Å²) in [7, 11) is 3.01. The number of carboxylic acids is 1. The molecule has 0 aromatic carbocycles. The molecular weight excluding hydrogens is 300 g/mol. The van der Waals surface area contributed by atoms with Gasteiger partial charge in [-0.1, -0.05) is 11.6 Å². The fourth-order valence-corrected chi connectivity index (χ4v) is 1.90. The van der Waals surface area contributed by atoms with E-state index in [1.54, 1.807) is 0 Å². The molecule has 0 saturated carbocycles. The summed E-state index contributed by atoms with van der Waals surface area (Å²) in [6.07, 6.45) is 2.49. The minimum Gasteiger partial charge on any atom is -0.481 e. The highest BCUT2D eigenvalue weighted by molar-refractivity contribution is 6.33. The zero-order valence-electron chi connectivity index (χ0n) is 11.8. The predicted octanol–water partition coefficient (Wildman–Crippen LogP) is 0.546. The van der Waals surface area contributed by atoms with Gasteiger partial charge in [0.2, 0.25) is 5.91 Å². The van der Waals surface area contributed by atoms with Crippen LogP contribution in [0, 0.1) is 0 Å². The summed E-state index contributed by atoms with van der Waals surface area (Å²) in [5.74, 6) is -1.18. The van der Waals surface area contributed by atoms with Crippen LogP contribution in [0.15, 0.2) is 11.0 Å². The Balaban J connectivity index is 2.55. The van der Waals surface area contributed by atoms with Gasteiger partial charge in [0.25, 0.3) is 5.56 Å². The molecule has 0 aliphatic heterocycles. The zero-order valence-corrected chi connectivity index (χ0v) is 12.6. The Hall–Kier alpha value is -2.09. The normalized spacial score (nSPS) is 10.2. The smallest absolute Gasteiger partial charge is 0.303 e. The molecule has 0 saturated heterocycles. The van der Waals surface area contributed by atoms with Crippen molar-refractivity contribution in [2.24, 2.45) is 7.05 Å². The van der Waals surface area contributed by atoms with Crippen LogP contribution < -0.4 is 16.0 Å². The lowest BCUT2D eigenvalue weighted by molar-refractivity contribution is -0.137. The molecule has 8 nitrogen and oxygen atoms in total. The number of halogens is 1. The Bertz CT molecular complexity index is 587. The van der Waals surface area contributed by atoms with Crippen LogP contribution in [0.5, 0.6) is 0 Å². The van der Waals surface area contributed by atoms with Crippen LogP contribution in [-0.4, -0.2) is 33.8 Å². The summed E-state index contributed by atoms with van der Waals surface area (Å²) in [5, 5.41) is 13.6. The maximum atomic E-state index is 11.7. The second kappa shape index (κ2) is 7.63. The number of carboxylic acid groups (broad SMARTS) is 1. The number of aromatic nitrogens is 2. The first-order valence-corrected chi connectivity index (χ1v) is 6.67. The summed E-state index contributed by atoms with van der Waals surface area (Å²) < 4.78 is 1.09. The number of hydrogen-bond donors (Lipinski definition) is 2. The quantitative estimate of drug-likeness (QED) is 0.562. The van der Waals surface area contributed by atoms with Gasteiger partial charge in [-0.05, 0) is 12.8 Å². The number of aryl methyl sites for hydroxylation is 1. The first-order chi connectivity index (χ1) is 9.82. The van der Waals surface area contributed by atoms with Crippen molar-refractivity contribution in [2.75, 3.05) is 12.1 Å². The minimum absolute atomic E-state index is 0.0353. The predicted molar refractivity (Wildman–Crippen MR) is 77.1 cm³/mol. The van der Waals surface area contributed by atoms with Crippen molar-refractivity contribution in [1.82, 2.24) is 15.2 Å². The van der Waals surface area contributed by atoms with Gasteiger partial charge >= 0.3 is 5.97 Å². The topological polar surface area (TPSA) is 105 Å². The molecule has 2 N–H and O–H groups in total. The SMILES string of the molecule is CN(NC(=O)CCCCC(=O)O)c1cnn(C)c(=O)c1Cl. The van der Waals surface area contributed by atoms with Crippen LogP contribution in [0.2, 0.25) is 5.02 Å². The van der Waals surface area contributed by atoms with Crippen LogP contribution in [0.3, 0.4) is 0 Å². The van der Waals surface area contributed by atoms with E-state index in [0.717, 1.165) is 4.68 Å². The van der Waals surface area contributed by atoms with Crippen LogP contribution in [0.1, 0.15) is 25.7 Å². The average molecular weight is 317 g/mol. The lowest BCUT2D eigenvalue weighted by Gasteiger charge is -2.20. The number of carbonyl (C=O) groups excluding carboxylic acids is 1. The van der Waals surface area contributed by atoms with Crippen molar-refractivity contribution in [3.05, 3.63) is 21.6 Å². The Morgan fingerprint density at radius 3 is 2.67 bits per heavy atom. The Morgan fingerprint density at radius 1 is 1.43 bits per heavy atom. The highest BCUT2D eigenvalue weighted by atomic mass is 35.5. The molecule has 21 heavy (non-hydrogen) atoms. The molecule has 0 aliphatic rings. The number of unbranched alkanes of at least 4 members (excludes halogenated alkanes) is 1. The lowest BCUT2D eigenvalue weighted by atomic mass is 10.2. The number of anilines is 1. The van der Waals surface area contributed by atoms with Crippen LogP contribution >= 0.6 is 11.6 Å². The van der Waals surface area contributed by atoms with Gasteiger partial charge in [-0.2, -0.15) is 5.10 Å². The lowest BCUT2D eigenvalue weighted by Crippen LogP contribution is -2.40. The molecule has 116 valence electrons. The van der Waals surface area contributed by atoms with Crippen molar-refractivity contribution < 1.29 is 14.7 Å². The fourth-order valence-electron chi connectivity index (χ4n) is 1.60. The summed E-state index contributed by atoms with van der Waals surface area (Å²) in [5.41, 5.74) is 2.38. The second-order valence-electron chi connectivity index (χ2n) is 4.47. The number of hydrazine groups is 1. The number of aliphatic carboxylic acids is 1. The first-order valence-electron chi connectivity index (χ1n) is 6.29. The highest BCUT2D eigenvalue weighted by Crippen LogP contribution is 2.17. The van der Waals surface area contributed by atoms with Crippen LogP contribution in [0.25, 0.3) is 0 Å². The molecule has 1 aromatic heterocycles. The van der Waals surface area contributed by atoms with Gasteiger partial charge in [0, 0.05) is 26.9 Å². The van der Waals surface area contributed by atoms with Crippen molar-refractivity contribution in [1.29, 1.82) is 0 Å². The second-order valence-corrected chi connectivity index (χ2v) is 4.85. The van der Waals surface area contributed by atoms with E-state index in [0.29, 0.717) is 18.5 Å². The summed E-state index contributed by atoms with van der Waals surface area (Å²) in [6.45, 7) is 0. The van der Waals surface area contributed by atoms with E-state index in [2.05, 4.69) is 10.5 Å². The minimum atomic E-state index is -0.884. The van der Waals surface area contributed by atoms with Crippen molar-refractivity contribution in [3.63, 3.8) is 0 Å². The van der Waals surface area contributed by atoms with Gasteiger partial charge in [0.1, 0.15) is 10.7 Å². The third kappa shape index (κ3) is 5.07. The van der Waals surface area contributed by atoms with Crippen molar-refractivity contribution in [3.8, 4) is 0 Å². The van der Waals surface area contributed by atoms with E-state index >= 15 is 0 Å². The summed E-state index contributed by atoms with van der Waals surface area (Å²) in [6, 6.07) is 0. The maximum absolute atomic E-state index is 11.7. The largest absolute Gasteiger partial charge is 0.481 e. The third-order valence-electron chi connectivity index (χ3n) is 2.76. The molecule has 0 bridgehead atoms.